The molecule has 14 rings (SSSR count). The summed E-state index contributed by atoms with van der Waals surface area (Å²) in [5.74, 6) is 6.71. The summed E-state index contributed by atoms with van der Waals surface area (Å²) in [5.41, 5.74) is 14.2. The van der Waals surface area contributed by atoms with Crippen molar-refractivity contribution in [1.29, 1.82) is 0 Å². The summed E-state index contributed by atoms with van der Waals surface area (Å²) < 4.78 is 53.6. The summed E-state index contributed by atoms with van der Waals surface area (Å²) in [7, 11) is -5.72. The molecule has 0 spiro atoms. The number of carboxylic acid groups (broad SMARTS) is 1. The van der Waals surface area contributed by atoms with Crippen LogP contribution in [0.1, 0.15) is 245 Å². The van der Waals surface area contributed by atoms with Crippen molar-refractivity contribution in [3.8, 4) is 0 Å². The van der Waals surface area contributed by atoms with E-state index in [-0.39, 0.29) is 84.6 Å². The SMILES string of the molecule is C=C(C)[C@@H]1CC[C@]2(NCCN3CCS(=O)(=O)CC3)CC[C@]3(C)[C@H](CC[C@@H]4[C@@]5(C)CC=C(C6=CC(C)=C(C(=O)O)CC6)C(C)(C)[C@@H]5CC[C@]43C)[C@@H]12.C=C(C)[C@@H]1CC[C@]2(NCCN3CCS(=O)(=O)CC3)CC[C@]3(C)[C@H](CC[C@@H]4[C@@]5(C)CC=C(C6=CC(C)=C(C(=O)OCC)CC6)C(C)(C)[C@@H]5CC[C@]43C)[C@@H]12.[Na+].[OH-]. The van der Waals surface area contributed by atoms with Gasteiger partial charge in [-0.3, -0.25) is 0 Å². The number of hydrogen-bond donors (Lipinski definition) is 3. The monoisotopic (exact) mass is 1480 g/mol. The molecule has 4 N–H and O–H groups in total. The van der Waals surface area contributed by atoms with Crippen LogP contribution in [-0.2, 0) is 34.0 Å². The Hall–Kier alpha value is -2.44. The first-order valence-electron chi connectivity index (χ1n) is 41.1. The number of allylic oxidation sites excluding steroid dienone is 12. The predicted octanol–water partition coefficient (Wildman–Crippen LogP) is 14.1. The molecule has 0 aromatic heterocycles. The van der Waals surface area contributed by atoms with E-state index in [0.717, 1.165) is 75.0 Å². The number of ether oxygens (including phenoxy) is 1. The van der Waals surface area contributed by atoms with Gasteiger partial charge in [-0.05, 0) is 312 Å². The zero-order valence-corrected chi connectivity index (χ0v) is 71.3. The summed E-state index contributed by atoms with van der Waals surface area (Å²) >= 11 is 0. The van der Waals surface area contributed by atoms with E-state index in [9.17, 15) is 31.5 Å². The number of carboxylic acids is 1. The maximum Gasteiger partial charge on any atom is 1.00 e. The number of esters is 1. The second kappa shape index (κ2) is 29.6. The minimum absolute atomic E-state index is 0. The molecule has 576 valence electrons. The van der Waals surface area contributed by atoms with Crippen molar-refractivity contribution in [2.45, 2.75) is 256 Å². The maximum atomic E-state index is 12.6. The molecular formula is C88H137N4NaO9S2. The average molecular weight is 1480 g/mol. The largest absolute Gasteiger partial charge is 1.00 e. The molecule has 18 atom stereocenters. The Labute approximate surface area is 652 Å². The van der Waals surface area contributed by atoms with Crippen molar-refractivity contribution < 1.29 is 71.3 Å². The standard InChI is InChI=1S/C45H70N2O4S.C43H66N2O4S.Na.H2O/c1-10-51-40(48)34-12-11-32(29-31(34)4)35-16-18-42(7)37(41(35,5)6)17-19-44(9)38(42)14-13-36-39-33(30(2)3)15-20-45(39,22-21-43(36,44)8)46-23-24-47-25-27-52(49,50)28-26-47;1-28(2)31-13-18-43(44-21-22-45-23-25-50(48,49)26-24-45)20-19-41(7)34(37(31)43)11-12-36-40(6)16-14-33(30-9-10-32(38(46)47)29(3)27-30)39(4,5)35(40)15-17-42(36,41)8;;/h16,29,33,36-39,46H,2,10-15,17-28H2,1,3-9H3;14,27,31,34-37,44H,1,9-13,15-26H2,2-8H3,(H,46,47);;1H2/q;;+1;/p-1/t33-,36+,37-,38+,39+,42-,43+,44+,45-;31-,34+,35-,36+,37+,40-,41+,42+,43-;;/m00../s1. The third-order valence-electron chi connectivity index (χ3n) is 34.5. The van der Waals surface area contributed by atoms with Crippen LogP contribution in [0.25, 0.3) is 0 Å². The van der Waals surface area contributed by atoms with E-state index in [1.807, 2.05) is 13.8 Å². The summed E-state index contributed by atoms with van der Waals surface area (Å²) in [6.07, 6.45) is 35.7. The quantitative estimate of drug-likeness (QED) is 0.0798. The van der Waals surface area contributed by atoms with Crippen LogP contribution >= 0.6 is 0 Å². The van der Waals surface area contributed by atoms with Crippen molar-refractivity contribution in [3.05, 3.63) is 93.2 Å². The minimum Gasteiger partial charge on any atom is -0.870 e. The van der Waals surface area contributed by atoms with Crippen LogP contribution in [0.4, 0.5) is 0 Å². The maximum absolute atomic E-state index is 12.6. The number of rotatable bonds is 15. The third kappa shape index (κ3) is 13.6. The van der Waals surface area contributed by atoms with Gasteiger partial charge in [0, 0.05) is 74.6 Å². The van der Waals surface area contributed by atoms with Crippen molar-refractivity contribution in [2.24, 2.45) is 102 Å². The molecule has 12 aliphatic carbocycles. The first kappa shape index (κ1) is 82.5. The Kier molecular flexibility index (Phi) is 23.5. The van der Waals surface area contributed by atoms with Gasteiger partial charge >= 0.3 is 41.5 Å². The van der Waals surface area contributed by atoms with Gasteiger partial charge in [-0.25, -0.2) is 26.4 Å². The van der Waals surface area contributed by atoms with Gasteiger partial charge in [0.1, 0.15) is 0 Å². The zero-order valence-electron chi connectivity index (χ0n) is 67.7. The average Bonchev–Trinajstić information content (AvgIpc) is 1.06. The van der Waals surface area contributed by atoms with Gasteiger partial charge in [-0.1, -0.05) is 118 Å². The van der Waals surface area contributed by atoms with Crippen molar-refractivity contribution in [1.82, 2.24) is 20.4 Å². The van der Waals surface area contributed by atoms with Gasteiger partial charge in [0.25, 0.3) is 0 Å². The molecule has 13 nitrogen and oxygen atoms in total. The van der Waals surface area contributed by atoms with Crippen molar-refractivity contribution in [2.75, 3.05) is 82.0 Å². The predicted molar refractivity (Wildman–Crippen MR) is 418 cm³/mol. The topological polar surface area (TPSA) is 192 Å². The first-order valence-corrected chi connectivity index (χ1v) is 44.7. The van der Waals surface area contributed by atoms with Gasteiger partial charge in [0.15, 0.2) is 19.7 Å². The number of nitrogens with zero attached hydrogens (tertiary/aromatic N) is 2. The number of nitrogens with one attached hydrogen (secondary N) is 2. The van der Waals surface area contributed by atoms with Crippen LogP contribution in [0, 0.1) is 102 Å². The van der Waals surface area contributed by atoms with Crippen LogP contribution < -0.4 is 40.2 Å². The fourth-order valence-electron chi connectivity index (χ4n) is 29.0. The number of aliphatic carboxylic acids is 1. The van der Waals surface area contributed by atoms with Crippen LogP contribution in [0.3, 0.4) is 0 Å². The Balaban J connectivity index is 0.000000204. The smallest absolute Gasteiger partial charge is 0.870 e. The van der Waals surface area contributed by atoms with Crippen molar-refractivity contribution >= 4 is 31.6 Å². The summed E-state index contributed by atoms with van der Waals surface area (Å²) in [6.45, 7) is 53.0. The molecule has 2 heterocycles. The van der Waals surface area contributed by atoms with Gasteiger partial charge < -0.3 is 35.8 Å². The Morgan fingerprint density at radius 3 is 1.27 bits per heavy atom. The molecule has 16 heteroatoms. The fourth-order valence-corrected chi connectivity index (χ4v) is 31.6. The Morgan fingerprint density at radius 2 is 0.913 bits per heavy atom. The van der Waals surface area contributed by atoms with Crippen molar-refractivity contribution in [3.63, 3.8) is 0 Å². The first-order chi connectivity index (χ1) is 47.8. The molecule has 14 aliphatic rings. The number of fused-ring (bicyclic) bond motifs is 14. The molecule has 0 radical (unpaired) electrons. The van der Waals surface area contributed by atoms with E-state index in [1.165, 1.54) is 136 Å². The van der Waals surface area contributed by atoms with Crippen LogP contribution in [0.15, 0.2) is 93.2 Å². The van der Waals surface area contributed by atoms with Gasteiger partial charge in [-0.2, -0.15) is 0 Å². The summed E-state index contributed by atoms with van der Waals surface area (Å²) in [4.78, 5) is 29.2. The summed E-state index contributed by atoms with van der Waals surface area (Å²) in [5, 5.41) is 18.2. The van der Waals surface area contributed by atoms with E-state index < -0.39 is 25.6 Å². The molecule has 2 saturated heterocycles. The summed E-state index contributed by atoms with van der Waals surface area (Å²) in [6, 6.07) is 0. The molecular weight excluding hydrogens is 1340 g/mol. The van der Waals surface area contributed by atoms with Crippen LogP contribution in [0.5, 0.6) is 0 Å². The molecule has 0 aromatic rings. The Morgan fingerprint density at radius 1 is 0.529 bits per heavy atom. The normalized spacial score (nSPS) is 42.4. The van der Waals surface area contributed by atoms with E-state index in [2.05, 4.69) is 148 Å². The Bertz CT molecular complexity index is 3780. The number of sulfone groups is 2. The molecule has 104 heavy (non-hydrogen) atoms. The van der Waals surface area contributed by atoms with E-state index >= 15 is 0 Å². The van der Waals surface area contributed by atoms with Crippen LogP contribution in [0.2, 0.25) is 0 Å². The fraction of sp³-hybridized carbons (Fsp3) is 0.795. The van der Waals surface area contributed by atoms with Gasteiger partial charge in [0.2, 0.25) is 0 Å². The van der Waals surface area contributed by atoms with E-state index in [4.69, 9.17) is 4.74 Å². The molecule has 8 saturated carbocycles. The molecule has 10 fully saturated rings. The van der Waals surface area contributed by atoms with Gasteiger partial charge in [0.05, 0.1) is 29.6 Å². The minimum atomic E-state index is -2.86. The van der Waals surface area contributed by atoms with E-state index in [0.29, 0.717) is 138 Å². The number of carbonyl (C=O) groups excluding carboxylic acids is 1. The third-order valence-corrected chi connectivity index (χ3v) is 37.7. The molecule has 2 aliphatic heterocycles. The number of carbonyl (C=O) groups is 2. The molecule has 0 unspecified atom stereocenters. The molecule has 0 bridgehead atoms. The second-order valence-corrected chi connectivity index (χ2v) is 43.9. The zero-order chi connectivity index (χ0) is 73.6. The second-order valence-electron chi connectivity index (χ2n) is 39.3. The number of hydrogen-bond acceptors (Lipinski definition) is 12. The van der Waals surface area contributed by atoms with E-state index in [1.54, 1.807) is 0 Å². The van der Waals surface area contributed by atoms with Crippen LogP contribution in [-0.4, -0.2) is 142 Å². The molecule has 0 amide bonds. The van der Waals surface area contributed by atoms with Gasteiger partial charge in [-0.15, -0.1) is 0 Å². The molecule has 0 aromatic carbocycles.